The standard InChI is InChI=1S/C12H13Cl2NO3S2/c13-10-2-1-8(5-11(10)14)15-12(16)6-19-9-3-4-20(17,18)7-9/h1-2,5,9H,3-4,6-7H2,(H,15,16)/t9-/m1/s1. The largest absolute Gasteiger partial charge is 0.325 e. The molecule has 1 amide bonds. The Balaban J connectivity index is 1.82. The summed E-state index contributed by atoms with van der Waals surface area (Å²) in [6.45, 7) is 0. The second-order valence-electron chi connectivity index (χ2n) is 4.51. The molecule has 4 nitrogen and oxygen atoms in total. The van der Waals surface area contributed by atoms with Crippen LogP contribution in [-0.4, -0.2) is 36.8 Å². The van der Waals surface area contributed by atoms with Gasteiger partial charge in [-0.05, 0) is 24.6 Å². The highest BCUT2D eigenvalue weighted by Crippen LogP contribution is 2.26. The van der Waals surface area contributed by atoms with Crippen LogP contribution in [-0.2, 0) is 14.6 Å². The van der Waals surface area contributed by atoms with Gasteiger partial charge in [-0.3, -0.25) is 4.79 Å². The lowest BCUT2D eigenvalue weighted by atomic mass is 10.3. The molecule has 110 valence electrons. The van der Waals surface area contributed by atoms with Gasteiger partial charge >= 0.3 is 0 Å². The predicted octanol–water partition coefficient (Wildman–Crippen LogP) is 2.85. The molecule has 0 unspecified atom stereocenters. The number of rotatable bonds is 4. The number of hydrogen-bond donors (Lipinski definition) is 1. The minimum atomic E-state index is -2.90. The van der Waals surface area contributed by atoms with Crippen LogP contribution in [0.3, 0.4) is 0 Å². The Hall–Kier alpha value is -0.430. The van der Waals surface area contributed by atoms with Crippen LogP contribution in [0.1, 0.15) is 6.42 Å². The van der Waals surface area contributed by atoms with Gasteiger partial charge in [-0.15, -0.1) is 11.8 Å². The zero-order valence-electron chi connectivity index (χ0n) is 10.4. The van der Waals surface area contributed by atoms with E-state index in [0.29, 0.717) is 22.2 Å². The monoisotopic (exact) mass is 353 g/mol. The Bertz CT molecular complexity index is 619. The van der Waals surface area contributed by atoms with Crippen LogP contribution in [0.2, 0.25) is 10.0 Å². The number of benzene rings is 1. The van der Waals surface area contributed by atoms with Crippen LogP contribution in [0.5, 0.6) is 0 Å². The molecule has 1 aromatic rings. The van der Waals surface area contributed by atoms with Gasteiger partial charge in [0, 0.05) is 10.9 Å². The molecule has 0 saturated carbocycles. The topological polar surface area (TPSA) is 63.2 Å². The Morgan fingerprint density at radius 3 is 2.70 bits per heavy atom. The Labute approximate surface area is 132 Å². The van der Waals surface area contributed by atoms with E-state index < -0.39 is 9.84 Å². The highest BCUT2D eigenvalue weighted by molar-refractivity contribution is 8.02. The lowest BCUT2D eigenvalue weighted by Crippen LogP contribution is -2.17. The summed E-state index contributed by atoms with van der Waals surface area (Å²) in [6, 6.07) is 4.85. The van der Waals surface area contributed by atoms with Crippen LogP contribution >= 0.6 is 35.0 Å². The number of sulfone groups is 1. The van der Waals surface area contributed by atoms with Crippen molar-refractivity contribution in [2.24, 2.45) is 0 Å². The van der Waals surface area contributed by atoms with E-state index in [4.69, 9.17) is 23.2 Å². The van der Waals surface area contributed by atoms with Crippen molar-refractivity contribution in [3.8, 4) is 0 Å². The van der Waals surface area contributed by atoms with Gasteiger partial charge in [0.1, 0.15) is 0 Å². The summed E-state index contributed by atoms with van der Waals surface area (Å²) in [4.78, 5) is 11.8. The average Bonchev–Trinajstić information content (AvgIpc) is 2.71. The summed E-state index contributed by atoms with van der Waals surface area (Å²) in [5.74, 6) is 0.426. The molecule has 1 atom stereocenters. The van der Waals surface area contributed by atoms with Gasteiger partial charge in [-0.25, -0.2) is 8.42 Å². The van der Waals surface area contributed by atoms with Crippen molar-refractivity contribution in [2.75, 3.05) is 22.6 Å². The zero-order valence-corrected chi connectivity index (χ0v) is 13.6. The molecule has 2 rings (SSSR count). The maximum atomic E-state index is 11.8. The first kappa shape index (κ1) is 15.9. The Morgan fingerprint density at radius 2 is 2.10 bits per heavy atom. The molecule has 1 aliphatic heterocycles. The third-order valence-electron chi connectivity index (χ3n) is 2.84. The van der Waals surface area contributed by atoms with Gasteiger partial charge in [0.15, 0.2) is 9.84 Å². The molecule has 0 aliphatic carbocycles. The fourth-order valence-electron chi connectivity index (χ4n) is 1.86. The van der Waals surface area contributed by atoms with Gasteiger partial charge in [-0.1, -0.05) is 23.2 Å². The normalized spacial score (nSPS) is 20.8. The molecule has 1 aromatic carbocycles. The van der Waals surface area contributed by atoms with Crippen LogP contribution in [0, 0.1) is 0 Å². The average molecular weight is 354 g/mol. The van der Waals surface area contributed by atoms with Crippen molar-refractivity contribution in [2.45, 2.75) is 11.7 Å². The minimum Gasteiger partial charge on any atom is -0.325 e. The summed E-state index contributed by atoms with van der Waals surface area (Å²) in [5.41, 5.74) is 0.573. The maximum Gasteiger partial charge on any atom is 0.234 e. The zero-order chi connectivity index (χ0) is 14.8. The number of carbonyl (C=O) groups excluding carboxylic acids is 1. The van der Waals surface area contributed by atoms with Gasteiger partial charge < -0.3 is 5.32 Å². The highest BCUT2D eigenvalue weighted by atomic mass is 35.5. The summed E-state index contributed by atoms with van der Waals surface area (Å²) in [6.07, 6.45) is 0.618. The smallest absolute Gasteiger partial charge is 0.234 e. The first-order valence-electron chi connectivity index (χ1n) is 5.93. The number of nitrogens with one attached hydrogen (secondary N) is 1. The van der Waals surface area contributed by atoms with Crippen LogP contribution in [0.4, 0.5) is 5.69 Å². The number of anilines is 1. The Morgan fingerprint density at radius 1 is 1.35 bits per heavy atom. The van der Waals surface area contributed by atoms with Crippen LogP contribution in [0.15, 0.2) is 18.2 Å². The Kier molecular flexibility index (Phi) is 5.23. The summed E-state index contributed by atoms with van der Waals surface area (Å²) in [7, 11) is -2.90. The van der Waals surface area contributed by atoms with E-state index in [1.807, 2.05) is 0 Å². The minimum absolute atomic E-state index is 0.0135. The van der Waals surface area contributed by atoms with Crippen molar-refractivity contribution < 1.29 is 13.2 Å². The molecule has 0 spiro atoms. The summed E-state index contributed by atoms with van der Waals surface area (Å²) < 4.78 is 22.6. The van der Waals surface area contributed by atoms with Crippen molar-refractivity contribution in [3.05, 3.63) is 28.2 Å². The number of hydrogen-bond acceptors (Lipinski definition) is 4. The number of amides is 1. The number of thioether (sulfide) groups is 1. The maximum absolute atomic E-state index is 11.8. The number of carbonyl (C=O) groups is 1. The first-order valence-corrected chi connectivity index (χ1v) is 9.55. The van der Waals surface area contributed by atoms with Crippen molar-refractivity contribution >= 4 is 56.4 Å². The third kappa shape index (κ3) is 4.55. The molecule has 1 N–H and O–H groups in total. The van der Waals surface area contributed by atoms with Crippen LogP contribution in [0.25, 0.3) is 0 Å². The van der Waals surface area contributed by atoms with Crippen LogP contribution < -0.4 is 5.32 Å². The molecule has 8 heteroatoms. The molecule has 1 fully saturated rings. The molecule has 0 aromatic heterocycles. The molecule has 1 saturated heterocycles. The highest BCUT2D eigenvalue weighted by Gasteiger charge is 2.28. The number of halogens is 2. The predicted molar refractivity (Wildman–Crippen MR) is 84.6 cm³/mol. The molecular weight excluding hydrogens is 341 g/mol. The molecule has 20 heavy (non-hydrogen) atoms. The molecule has 1 heterocycles. The van der Waals surface area contributed by atoms with Gasteiger partial charge in [-0.2, -0.15) is 0 Å². The quantitative estimate of drug-likeness (QED) is 0.903. The molecule has 0 radical (unpaired) electrons. The van der Waals surface area contributed by atoms with Gasteiger partial charge in [0.2, 0.25) is 5.91 Å². The van der Waals surface area contributed by atoms with E-state index in [0.717, 1.165) is 0 Å². The second kappa shape index (κ2) is 6.56. The van der Waals surface area contributed by atoms with E-state index in [2.05, 4.69) is 5.32 Å². The van der Waals surface area contributed by atoms with E-state index >= 15 is 0 Å². The van der Waals surface area contributed by atoms with Gasteiger partial charge in [0.05, 0.1) is 27.3 Å². The SMILES string of the molecule is O=C(CS[C@@H]1CCS(=O)(=O)C1)Nc1ccc(Cl)c(Cl)c1. The van der Waals surface area contributed by atoms with Crippen molar-refractivity contribution in [3.63, 3.8) is 0 Å². The van der Waals surface area contributed by atoms with E-state index in [1.54, 1.807) is 18.2 Å². The third-order valence-corrected chi connectivity index (χ3v) is 6.86. The lowest BCUT2D eigenvalue weighted by Gasteiger charge is -2.09. The van der Waals surface area contributed by atoms with Crippen molar-refractivity contribution in [1.29, 1.82) is 0 Å². The van der Waals surface area contributed by atoms with E-state index in [-0.39, 0.29) is 28.4 Å². The summed E-state index contributed by atoms with van der Waals surface area (Å²) >= 11 is 13.0. The fourth-order valence-corrected chi connectivity index (χ4v) is 5.60. The molecule has 1 aliphatic rings. The molecular formula is C12H13Cl2NO3S2. The lowest BCUT2D eigenvalue weighted by molar-refractivity contribution is -0.113. The second-order valence-corrected chi connectivity index (χ2v) is 8.84. The fraction of sp³-hybridized carbons (Fsp3) is 0.417. The van der Waals surface area contributed by atoms with Crippen molar-refractivity contribution in [1.82, 2.24) is 0 Å². The molecule has 0 bridgehead atoms. The first-order chi connectivity index (χ1) is 9.35. The van der Waals surface area contributed by atoms with E-state index in [1.165, 1.54) is 11.8 Å². The summed E-state index contributed by atoms with van der Waals surface area (Å²) in [5, 5.41) is 3.52. The van der Waals surface area contributed by atoms with E-state index in [9.17, 15) is 13.2 Å². The van der Waals surface area contributed by atoms with Gasteiger partial charge in [0.25, 0.3) is 0 Å².